The van der Waals surface area contributed by atoms with Gasteiger partial charge in [-0.3, -0.25) is 24.9 Å². The van der Waals surface area contributed by atoms with E-state index in [2.05, 4.69) is 31.1 Å². The second-order valence-corrected chi connectivity index (χ2v) is 11.7. The van der Waals surface area contributed by atoms with Crippen LogP contribution >= 0.6 is 0 Å². The van der Waals surface area contributed by atoms with E-state index in [0.717, 1.165) is 36.2 Å². The highest BCUT2D eigenvalue weighted by atomic mass is 32.2. The maximum Gasteiger partial charge on any atom is 0.323 e. The molecule has 0 aliphatic carbocycles. The normalized spacial score (nSPS) is 15.6. The van der Waals surface area contributed by atoms with Crippen molar-refractivity contribution in [1.29, 1.82) is 0 Å². The average molecular weight is 604 g/mol. The average Bonchev–Trinajstić information content (AvgIpc) is 3.45. The van der Waals surface area contributed by atoms with Crippen molar-refractivity contribution in [3.05, 3.63) is 96.8 Å². The second kappa shape index (κ2) is 13.6. The topological polar surface area (TPSA) is 166 Å². The van der Waals surface area contributed by atoms with Crippen LogP contribution in [0.3, 0.4) is 0 Å². The van der Waals surface area contributed by atoms with Gasteiger partial charge in [0.25, 0.3) is 5.91 Å². The van der Waals surface area contributed by atoms with E-state index in [1.165, 1.54) is 12.1 Å². The summed E-state index contributed by atoms with van der Waals surface area (Å²) >= 11 is 0. The molecule has 1 aromatic heterocycles. The maximum absolute atomic E-state index is 13.1. The van der Waals surface area contributed by atoms with E-state index in [4.69, 9.17) is 0 Å². The zero-order valence-corrected chi connectivity index (χ0v) is 24.0. The summed E-state index contributed by atoms with van der Waals surface area (Å²) in [6.07, 6.45) is 6.30. The number of amides is 1. The summed E-state index contributed by atoms with van der Waals surface area (Å²) in [5.41, 5.74) is 2.82. The molecule has 0 spiro atoms. The van der Waals surface area contributed by atoms with Crippen molar-refractivity contribution < 1.29 is 23.1 Å². The van der Waals surface area contributed by atoms with Crippen LogP contribution in [-0.4, -0.2) is 67.1 Å². The first kappa shape index (κ1) is 29.9. The van der Waals surface area contributed by atoms with Crippen molar-refractivity contribution in [2.45, 2.75) is 30.2 Å². The molecule has 1 aliphatic rings. The van der Waals surface area contributed by atoms with Gasteiger partial charge in [-0.2, -0.15) is 9.82 Å². The van der Waals surface area contributed by atoms with Gasteiger partial charge in [-0.15, -0.1) is 0 Å². The lowest BCUT2D eigenvalue weighted by atomic mass is 10.1. The van der Waals surface area contributed by atoms with Gasteiger partial charge in [0, 0.05) is 31.6 Å². The molecule has 12 nitrogen and oxygen atoms in total. The molecule has 2 atom stereocenters. The number of sulfonamides is 1. The van der Waals surface area contributed by atoms with Crippen molar-refractivity contribution in [2.75, 3.05) is 19.6 Å². The van der Waals surface area contributed by atoms with Gasteiger partial charge in [0.05, 0.1) is 22.2 Å². The van der Waals surface area contributed by atoms with Crippen molar-refractivity contribution in [2.24, 2.45) is 0 Å². The van der Waals surface area contributed by atoms with Crippen LogP contribution in [0.25, 0.3) is 22.0 Å². The van der Waals surface area contributed by atoms with Gasteiger partial charge >= 0.3 is 5.97 Å². The predicted molar refractivity (Wildman–Crippen MR) is 162 cm³/mol. The van der Waals surface area contributed by atoms with E-state index >= 15 is 0 Å². The Morgan fingerprint density at radius 3 is 2.51 bits per heavy atom. The lowest BCUT2D eigenvalue weighted by Crippen LogP contribution is -2.53. The largest absolute Gasteiger partial charge is 0.480 e. The summed E-state index contributed by atoms with van der Waals surface area (Å²) < 4.78 is 29.9. The molecular formula is C30H33N7O5S. The number of carbonyl (C=O) groups is 2. The fourth-order valence-electron chi connectivity index (χ4n) is 4.74. The number of aromatic nitrogens is 2. The number of aryl methyl sites for hydroxylation is 1. The standard InChI is InChI=1S/C30H33N7O5S/c38-28(24-9-4-10-27-25(24)19-35-37(27)18-6-17-33-30-31-15-5-16-32-30)34-20-26(29(39)40)36-43(41,42)23-13-11-22(12-14-23)21-7-2-1-3-8-21/h1-5,7-15,19,26,30-33,36H,6,16-18,20H2,(H,34,38)(H,39,40). The SMILES string of the molecule is O=C(NCC(NS(=O)(=O)c1ccc(-c2ccccc2)cc1)C(=O)O)c1cccc2c1cnn2CCCNC1NC=CCN1. The van der Waals surface area contributed by atoms with Gasteiger partial charge in [0.15, 0.2) is 0 Å². The first-order chi connectivity index (χ1) is 20.8. The van der Waals surface area contributed by atoms with E-state index < -0.39 is 34.5 Å². The van der Waals surface area contributed by atoms with Gasteiger partial charge in [-0.25, -0.2) is 8.42 Å². The highest BCUT2D eigenvalue weighted by molar-refractivity contribution is 7.89. The highest BCUT2D eigenvalue weighted by Gasteiger charge is 2.26. The molecule has 6 N–H and O–H groups in total. The van der Waals surface area contributed by atoms with Crippen LogP contribution in [0.1, 0.15) is 16.8 Å². The minimum absolute atomic E-state index is 0.00829. The maximum atomic E-state index is 13.1. The number of rotatable bonds is 13. The molecule has 224 valence electrons. The van der Waals surface area contributed by atoms with Gasteiger partial charge < -0.3 is 15.7 Å². The monoisotopic (exact) mass is 603 g/mol. The molecule has 4 aromatic rings. The van der Waals surface area contributed by atoms with E-state index in [1.54, 1.807) is 30.5 Å². The fourth-order valence-corrected chi connectivity index (χ4v) is 5.92. The zero-order chi connectivity index (χ0) is 30.2. The molecule has 1 aliphatic heterocycles. The van der Waals surface area contributed by atoms with Crippen molar-refractivity contribution >= 4 is 32.8 Å². The summed E-state index contributed by atoms with van der Waals surface area (Å²) in [6, 6.07) is 19.2. The van der Waals surface area contributed by atoms with Crippen LogP contribution in [0.15, 0.2) is 96.2 Å². The van der Waals surface area contributed by atoms with Crippen molar-refractivity contribution in [3.63, 3.8) is 0 Å². The lowest BCUT2D eigenvalue weighted by molar-refractivity contribution is -0.138. The minimum atomic E-state index is -4.18. The van der Waals surface area contributed by atoms with E-state index in [1.807, 2.05) is 53.4 Å². The number of carboxylic acids is 1. The third-order valence-corrected chi connectivity index (χ3v) is 8.47. The summed E-state index contributed by atoms with van der Waals surface area (Å²) in [5, 5.41) is 27.1. The fraction of sp³-hybridized carbons (Fsp3) is 0.233. The Hall–Kier alpha value is -4.56. The van der Waals surface area contributed by atoms with Crippen molar-refractivity contribution in [1.82, 2.24) is 35.8 Å². The molecule has 0 saturated heterocycles. The third kappa shape index (κ3) is 7.45. The Morgan fingerprint density at radius 2 is 1.79 bits per heavy atom. The molecule has 0 bridgehead atoms. The van der Waals surface area contributed by atoms with E-state index in [9.17, 15) is 23.1 Å². The smallest absolute Gasteiger partial charge is 0.323 e. The van der Waals surface area contributed by atoms with Crippen LogP contribution in [0.5, 0.6) is 0 Å². The number of hydrogen-bond acceptors (Lipinski definition) is 8. The van der Waals surface area contributed by atoms with Crippen LogP contribution in [0, 0.1) is 0 Å². The Balaban J connectivity index is 1.19. The molecular weight excluding hydrogens is 570 g/mol. The molecule has 43 heavy (non-hydrogen) atoms. The Morgan fingerprint density at radius 1 is 1.02 bits per heavy atom. The molecule has 3 aromatic carbocycles. The third-order valence-electron chi connectivity index (χ3n) is 6.98. The Kier molecular flexibility index (Phi) is 9.47. The molecule has 2 heterocycles. The van der Waals surface area contributed by atoms with Crippen molar-refractivity contribution in [3.8, 4) is 11.1 Å². The molecule has 0 fully saturated rings. The number of carbonyl (C=O) groups excluding carboxylic acids is 1. The predicted octanol–water partition coefficient (Wildman–Crippen LogP) is 1.83. The van der Waals surface area contributed by atoms with Gasteiger partial charge in [0.1, 0.15) is 12.3 Å². The Labute approximate surface area is 249 Å². The summed E-state index contributed by atoms with van der Waals surface area (Å²) in [4.78, 5) is 24.9. The molecule has 0 saturated carbocycles. The quantitative estimate of drug-likeness (QED) is 0.125. The summed E-state index contributed by atoms with van der Waals surface area (Å²) in [6.45, 7) is 1.70. The second-order valence-electron chi connectivity index (χ2n) is 9.94. The minimum Gasteiger partial charge on any atom is -0.480 e. The first-order valence-electron chi connectivity index (χ1n) is 13.8. The molecule has 0 radical (unpaired) electrons. The lowest BCUT2D eigenvalue weighted by Gasteiger charge is -2.22. The molecule has 5 rings (SSSR count). The number of aliphatic carboxylic acids is 1. The molecule has 1 amide bonds. The van der Waals surface area contributed by atoms with Crippen LogP contribution in [0.2, 0.25) is 0 Å². The summed E-state index contributed by atoms with van der Waals surface area (Å²) in [7, 11) is -4.18. The highest BCUT2D eigenvalue weighted by Crippen LogP contribution is 2.21. The number of benzene rings is 3. The number of fused-ring (bicyclic) bond motifs is 1. The number of hydrogen-bond donors (Lipinski definition) is 6. The van der Waals surface area contributed by atoms with Gasteiger partial charge in [-0.1, -0.05) is 54.6 Å². The van der Waals surface area contributed by atoms with Crippen LogP contribution in [0.4, 0.5) is 0 Å². The molecule has 2 unspecified atom stereocenters. The number of carboxylic acid groups (broad SMARTS) is 1. The van der Waals surface area contributed by atoms with Gasteiger partial charge in [-0.05, 0) is 48.0 Å². The van der Waals surface area contributed by atoms with E-state index in [-0.39, 0.29) is 11.2 Å². The molecule has 13 heteroatoms. The van der Waals surface area contributed by atoms with Crippen LogP contribution in [-0.2, 0) is 21.4 Å². The summed E-state index contributed by atoms with van der Waals surface area (Å²) in [5.74, 6) is -1.95. The van der Waals surface area contributed by atoms with Gasteiger partial charge in [0.2, 0.25) is 10.0 Å². The Bertz CT molecular complexity index is 1710. The van der Waals surface area contributed by atoms with Crippen LogP contribution < -0.4 is 26.0 Å². The first-order valence-corrected chi connectivity index (χ1v) is 15.3. The number of nitrogens with one attached hydrogen (secondary N) is 5. The van der Waals surface area contributed by atoms with E-state index in [0.29, 0.717) is 17.5 Å². The number of nitrogens with zero attached hydrogens (tertiary/aromatic N) is 2. The zero-order valence-electron chi connectivity index (χ0n) is 23.2.